The first-order valence-corrected chi connectivity index (χ1v) is 8.85. The van der Waals surface area contributed by atoms with E-state index in [-0.39, 0.29) is 12.5 Å². The third-order valence-corrected chi connectivity index (χ3v) is 4.90. The molecule has 2 saturated carbocycles. The van der Waals surface area contributed by atoms with E-state index in [0.717, 1.165) is 42.5 Å². The third-order valence-electron chi connectivity index (χ3n) is 4.90. The lowest BCUT2D eigenvalue weighted by molar-refractivity contribution is -0.133. The van der Waals surface area contributed by atoms with Crippen molar-refractivity contribution in [1.29, 1.82) is 0 Å². The minimum absolute atomic E-state index is 0.130. The summed E-state index contributed by atoms with van der Waals surface area (Å²) in [6, 6.07) is 5.98. The molecule has 0 N–H and O–H groups in total. The van der Waals surface area contributed by atoms with Crippen molar-refractivity contribution in [2.45, 2.75) is 69.9 Å². The van der Waals surface area contributed by atoms with Crippen LogP contribution in [0.3, 0.4) is 0 Å². The lowest BCUT2D eigenvalue weighted by Crippen LogP contribution is -2.34. The van der Waals surface area contributed by atoms with Crippen LogP contribution in [0.4, 0.5) is 18.9 Å². The van der Waals surface area contributed by atoms with Crippen LogP contribution in [0.5, 0.6) is 0 Å². The predicted molar refractivity (Wildman–Crippen MR) is 88.3 cm³/mol. The molecule has 1 aromatic carbocycles. The van der Waals surface area contributed by atoms with Crippen LogP contribution in [-0.2, 0) is 10.2 Å². The Hall–Kier alpha value is -1.52. The Morgan fingerprint density at radius 2 is 1.83 bits per heavy atom. The summed E-state index contributed by atoms with van der Waals surface area (Å²) in [5, 5.41) is 0. The highest BCUT2D eigenvalue weighted by molar-refractivity contribution is 6.10. The molecule has 24 heavy (non-hydrogen) atoms. The van der Waals surface area contributed by atoms with Crippen molar-refractivity contribution >= 4 is 11.6 Å². The van der Waals surface area contributed by atoms with E-state index in [4.69, 9.17) is 0 Å². The molecule has 0 atom stereocenters. The van der Waals surface area contributed by atoms with E-state index >= 15 is 0 Å². The van der Waals surface area contributed by atoms with Crippen molar-refractivity contribution in [3.05, 3.63) is 29.3 Å². The van der Waals surface area contributed by atoms with Crippen LogP contribution in [0.2, 0.25) is 0 Å². The lowest BCUT2D eigenvalue weighted by Gasteiger charge is -2.19. The highest BCUT2D eigenvalue weighted by Gasteiger charge is 2.59. The van der Waals surface area contributed by atoms with E-state index in [0.29, 0.717) is 5.92 Å². The van der Waals surface area contributed by atoms with Gasteiger partial charge in [-0.15, -0.1) is 0 Å². The summed E-state index contributed by atoms with van der Waals surface area (Å²) < 4.78 is 37.5. The van der Waals surface area contributed by atoms with Gasteiger partial charge in [0.25, 0.3) is 0 Å². The second-order valence-corrected chi connectivity index (χ2v) is 7.16. The average molecular weight is 339 g/mol. The summed E-state index contributed by atoms with van der Waals surface area (Å²) in [5.41, 5.74) is 2.34. The largest absolute Gasteiger partial charge is 0.390 e. The molecule has 0 bridgehead atoms. The molecule has 0 saturated heterocycles. The van der Waals surface area contributed by atoms with Gasteiger partial charge >= 0.3 is 6.18 Å². The molecule has 3 aliphatic rings. The first-order valence-electron chi connectivity index (χ1n) is 8.85. The van der Waals surface area contributed by atoms with Crippen LogP contribution < -0.4 is 4.90 Å². The van der Waals surface area contributed by atoms with Crippen molar-refractivity contribution < 1.29 is 18.0 Å². The highest BCUT2D eigenvalue weighted by atomic mass is 19.4. The predicted octanol–water partition coefficient (Wildman–Crippen LogP) is 5.31. The Labute approximate surface area is 141 Å². The van der Waals surface area contributed by atoms with Crippen LogP contribution in [-0.4, -0.2) is 18.6 Å². The first-order chi connectivity index (χ1) is 11.3. The van der Waals surface area contributed by atoms with Gasteiger partial charge in [0.05, 0.1) is 11.8 Å². The molecule has 4 rings (SSSR count). The van der Waals surface area contributed by atoms with Gasteiger partial charge in [-0.3, -0.25) is 4.79 Å². The second-order valence-electron chi connectivity index (χ2n) is 7.16. The molecule has 1 aliphatic heterocycles. The number of hydrogen-bond donors (Lipinski definition) is 0. The molecular formula is C19H24F3NO. The van der Waals surface area contributed by atoms with Crippen LogP contribution in [0.1, 0.15) is 69.4 Å². The van der Waals surface area contributed by atoms with E-state index in [2.05, 4.69) is 19.9 Å². The Morgan fingerprint density at radius 1 is 1.21 bits per heavy atom. The van der Waals surface area contributed by atoms with Gasteiger partial charge in [-0.05, 0) is 48.8 Å². The van der Waals surface area contributed by atoms with Gasteiger partial charge in [0, 0.05) is 12.2 Å². The van der Waals surface area contributed by atoms with Gasteiger partial charge in [0.15, 0.2) is 0 Å². The topological polar surface area (TPSA) is 20.3 Å². The van der Waals surface area contributed by atoms with Crippen LogP contribution >= 0.6 is 0 Å². The number of fused-ring (bicyclic) bond motifs is 2. The van der Waals surface area contributed by atoms with Gasteiger partial charge in [0.2, 0.25) is 5.91 Å². The van der Waals surface area contributed by atoms with Crippen LogP contribution in [0.15, 0.2) is 18.2 Å². The monoisotopic (exact) mass is 339 g/mol. The second kappa shape index (κ2) is 6.08. The fourth-order valence-electron chi connectivity index (χ4n) is 3.40. The quantitative estimate of drug-likeness (QED) is 0.731. The van der Waals surface area contributed by atoms with Crippen molar-refractivity contribution in [2.24, 2.45) is 0 Å². The number of carbonyl (C=O) groups is 1. The summed E-state index contributed by atoms with van der Waals surface area (Å²) in [4.78, 5) is 13.9. The fourth-order valence-corrected chi connectivity index (χ4v) is 3.40. The van der Waals surface area contributed by atoms with Crippen molar-refractivity contribution in [3.8, 4) is 0 Å². The van der Waals surface area contributed by atoms with E-state index in [1.807, 2.05) is 12.1 Å². The number of amides is 1. The molecule has 1 amide bonds. The number of alkyl halides is 3. The number of halogens is 3. The van der Waals surface area contributed by atoms with Crippen molar-refractivity contribution in [2.75, 3.05) is 11.4 Å². The smallest absolute Gasteiger partial charge is 0.311 e. The zero-order valence-electron chi connectivity index (χ0n) is 14.2. The Balaban J connectivity index is 0.000000526. The molecule has 2 aliphatic carbocycles. The number of carbonyl (C=O) groups excluding carboxylic acids is 1. The maximum absolute atomic E-state index is 12.5. The molecule has 132 valence electrons. The third kappa shape index (κ3) is 3.17. The zero-order chi connectivity index (χ0) is 17.5. The Kier molecular flexibility index (Phi) is 4.39. The van der Waals surface area contributed by atoms with E-state index < -0.39 is 18.0 Å². The normalized spacial score (nSPS) is 20.7. The Morgan fingerprint density at radius 3 is 2.33 bits per heavy atom. The van der Waals surface area contributed by atoms with E-state index in [1.165, 1.54) is 11.3 Å². The molecule has 0 aromatic heterocycles. The summed E-state index contributed by atoms with van der Waals surface area (Å²) in [6.07, 6.45) is -0.106. The maximum atomic E-state index is 12.5. The molecular weight excluding hydrogens is 315 g/mol. The Bertz CT molecular complexity index is 630. The SMILES string of the molecule is CCC.O=C1N(CCC(F)(F)F)c2cc(C3CC3)ccc2C12CC2. The lowest BCUT2D eigenvalue weighted by atomic mass is 9.96. The minimum atomic E-state index is -4.23. The van der Waals surface area contributed by atoms with Crippen LogP contribution in [0, 0.1) is 0 Å². The van der Waals surface area contributed by atoms with E-state index in [1.54, 1.807) is 0 Å². The molecule has 0 unspecified atom stereocenters. The molecule has 2 nitrogen and oxygen atoms in total. The molecule has 0 radical (unpaired) electrons. The molecule has 1 spiro atoms. The maximum Gasteiger partial charge on any atom is 0.390 e. The molecule has 1 heterocycles. The van der Waals surface area contributed by atoms with Crippen molar-refractivity contribution in [1.82, 2.24) is 0 Å². The van der Waals surface area contributed by atoms with Gasteiger partial charge in [0.1, 0.15) is 0 Å². The van der Waals surface area contributed by atoms with E-state index in [9.17, 15) is 18.0 Å². The molecule has 1 aromatic rings. The number of nitrogens with zero attached hydrogens (tertiary/aromatic N) is 1. The van der Waals surface area contributed by atoms with Gasteiger partial charge < -0.3 is 4.90 Å². The number of anilines is 1. The minimum Gasteiger partial charge on any atom is -0.311 e. The summed E-state index contributed by atoms with van der Waals surface area (Å²) in [7, 11) is 0. The highest BCUT2D eigenvalue weighted by Crippen LogP contribution is 2.58. The van der Waals surface area contributed by atoms with Gasteiger partial charge in [-0.2, -0.15) is 13.2 Å². The van der Waals surface area contributed by atoms with Crippen LogP contribution in [0.25, 0.3) is 0 Å². The van der Waals surface area contributed by atoms with Crippen molar-refractivity contribution in [3.63, 3.8) is 0 Å². The summed E-state index contributed by atoms with van der Waals surface area (Å²) in [5.74, 6) is 0.403. The number of rotatable bonds is 3. The number of benzene rings is 1. The fraction of sp³-hybridized carbons (Fsp3) is 0.632. The van der Waals surface area contributed by atoms with Gasteiger partial charge in [-0.25, -0.2) is 0 Å². The molecule has 5 heteroatoms. The standard InChI is InChI=1S/C16H16F3NO.C3H8/c17-16(18,19)7-8-20-13-9-11(10-1-2-10)3-4-12(13)15(5-6-15)14(20)21;1-3-2/h3-4,9-10H,1-2,5-8H2;3H2,1-2H3. The summed E-state index contributed by atoms with van der Waals surface area (Å²) in [6.45, 7) is 3.99. The number of hydrogen-bond acceptors (Lipinski definition) is 1. The average Bonchev–Trinajstić information content (AvgIpc) is 3.39. The first kappa shape index (κ1) is 17.3. The molecule has 2 fully saturated rings. The van der Waals surface area contributed by atoms with Gasteiger partial charge in [-0.1, -0.05) is 32.4 Å². The summed E-state index contributed by atoms with van der Waals surface area (Å²) >= 11 is 0. The zero-order valence-corrected chi connectivity index (χ0v) is 14.2.